The number of rotatable bonds is 6. The number of benzene rings is 9. The molecule has 0 spiro atoms. The lowest BCUT2D eigenvalue weighted by Crippen LogP contribution is -2.11. The summed E-state index contributed by atoms with van der Waals surface area (Å²) in [6.45, 7) is 0. The molecule has 2 aromatic heterocycles. The first-order chi connectivity index (χ1) is 27.2. The fraction of sp³-hybridized carbons (Fsp3) is 0. The average molecular weight is 704 g/mol. The van der Waals surface area contributed by atoms with Gasteiger partial charge in [0.1, 0.15) is 11.2 Å². The van der Waals surface area contributed by atoms with Crippen molar-refractivity contribution in [2.75, 3.05) is 4.90 Å². The summed E-state index contributed by atoms with van der Waals surface area (Å²) < 4.78 is 13.7. The van der Waals surface area contributed by atoms with E-state index < -0.39 is 0 Å². The molecular formula is C52H33NO2. The maximum atomic E-state index is 6.98. The molecule has 0 amide bonds. The zero-order valence-corrected chi connectivity index (χ0v) is 29.8. The van der Waals surface area contributed by atoms with Crippen molar-refractivity contribution < 1.29 is 8.83 Å². The first-order valence-electron chi connectivity index (χ1n) is 18.7. The molecule has 0 N–H and O–H groups in total. The molecule has 258 valence electrons. The molecule has 11 rings (SSSR count). The van der Waals surface area contributed by atoms with E-state index in [4.69, 9.17) is 8.83 Å². The summed E-state index contributed by atoms with van der Waals surface area (Å²) in [6.07, 6.45) is 0. The molecule has 11 aromatic rings. The minimum atomic E-state index is 0.815. The summed E-state index contributed by atoms with van der Waals surface area (Å²) in [4.78, 5) is 2.31. The molecule has 0 radical (unpaired) electrons. The Morgan fingerprint density at radius 1 is 0.291 bits per heavy atom. The Balaban J connectivity index is 1.19. The number of fused-ring (bicyclic) bond motifs is 7. The molecule has 3 nitrogen and oxygen atoms in total. The third kappa shape index (κ3) is 5.28. The first kappa shape index (κ1) is 31.2. The molecule has 0 unspecified atom stereocenters. The van der Waals surface area contributed by atoms with E-state index in [1.54, 1.807) is 0 Å². The molecule has 3 heteroatoms. The number of anilines is 3. The normalized spacial score (nSPS) is 11.6. The molecule has 0 saturated carbocycles. The second-order valence-corrected chi connectivity index (χ2v) is 14.1. The van der Waals surface area contributed by atoms with E-state index in [-0.39, 0.29) is 0 Å². The van der Waals surface area contributed by atoms with Crippen molar-refractivity contribution in [3.05, 3.63) is 200 Å². The van der Waals surface area contributed by atoms with Crippen molar-refractivity contribution in [1.29, 1.82) is 0 Å². The van der Waals surface area contributed by atoms with Crippen molar-refractivity contribution in [3.63, 3.8) is 0 Å². The van der Waals surface area contributed by atoms with Crippen LogP contribution in [-0.4, -0.2) is 0 Å². The van der Waals surface area contributed by atoms with Crippen LogP contribution in [-0.2, 0) is 0 Å². The predicted molar refractivity (Wildman–Crippen MR) is 229 cm³/mol. The van der Waals surface area contributed by atoms with Crippen LogP contribution in [0.2, 0.25) is 0 Å². The van der Waals surface area contributed by atoms with Crippen LogP contribution in [0.5, 0.6) is 0 Å². The molecule has 0 bridgehead atoms. The maximum absolute atomic E-state index is 6.98. The SMILES string of the molecule is c1ccc(-c2ccc(-c3cc(N(c4ccc(-c5ccccc5)cc4)c4cccc5c4oc4ccccc45)c4oc5cc6ccccc6cc5c4c3)cc2)cc1. The molecule has 55 heavy (non-hydrogen) atoms. The van der Waals surface area contributed by atoms with Gasteiger partial charge in [-0.25, -0.2) is 0 Å². The minimum absolute atomic E-state index is 0.815. The van der Waals surface area contributed by atoms with Crippen LogP contribution in [0.3, 0.4) is 0 Å². The molecule has 0 atom stereocenters. The fourth-order valence-corrected chi connectivity index (χ4v) is 8.11. The largest absolute Gasteiger partial charge is 0.454 e. The van der Waals surface area contributed by atoms with Crippen molar-refractivity contribution in [1.82, 2.24) is 0 Å². The van der Waals surface area contributed by atoms with Gasteiger partial charge in [0.2, 0.25) is 0 Å². The molecule has 0 fully saturated rings. The van der Waals surface area contributed by atoms with E-state index in [0.29, 0.717) is 0 Å². The van der Waals surface area contributed by atoms with Gasteiger partial charge in [-0.05, 0) is 92.7 Å². The second kappa shape index (κ2) is 12.6. The van der Waals surface area contributed by atoms with Gasteiger partial charge < -0.3 is 13.7 Å². The Labute approximate surface area is 317 Å². The lowest BCUT2D eigenvalue weighted by molar-refractivity contribution is 0.666. The van der Waals surface area contributed by atoms with Crippen LogP contribution in [0.4, 0.5) is 17.1 Å². The van der Waals surface area contributed by atoms with Crippen molar-refractivity contribution in [2.24, 2.45) is 0 Å². The lowest BCUT2D eigenvalue weighted by atomic mass is 9.97. The van der Waals surface area contributed by atoms with E-state index >= 15 is 0 Å². The highest BCUT2D eigenvalue weighted by atomic mass is 16.3. The number of hydrogen-bond acceptors (Lipinski definition) is 3. The second-order valence-electron chi connectivity index (χ2n) is 14.1. The number of hydrogen-bond donors (Lipinski definition) is 0. The topological polar surface area (TPSA) is 29.5 Å². The predicted octanol–water partition coefficient (Wildman–Crippen LogP) is 15.1. The fourth-order valence-electron chi connectivity index (χ4n) is 8.11. The van der Waals surface area contributed by atoms with Crippen LogP contribution >= 0.6 is 0 Å². The highest BCUT2D eigenvalue weighted by Crippen LogP contribution is 2.48. The van der Waals surface area contributed by atoms with Crippen LogP contribution < -0.4 is 4.90 Å². The monoisotopic (exact) mass is 703 g/mol. The van der Waals surface area contributed by atoms with E-state index in [0.717, 1.165) is 83.0 Å². The third-order valence-corrected chi connectivity index (χ3v) is 10.8. The van der Waals surface area contributed by atoms with Gasteiger partial charge in [0.15, 0.2) is 11.2 Å². The van der Waals surface area contributed by atoms with E-state index in [2.05, 4.69) is 193 Å². The van der Waals surface area contributed by atoms with Crippen LogP contribution in [0.15, 0.2) is 209 Å². The zero-order valence-electron chi connectivity index (χ0n) is 29.8. The van der Waals surface area contributed by atoms with E-state index in [1.807, 2.05) is 12.1 Å². The standard InChI is InChI=1S/C52H33NO2/c1-3-12-34(13-4-1)36-22-24-38(25-23-36)41-31-46-45-30-39-16-7-8-17-40(39)33-50(45)55-52(46)48(32-41)53(42-28-26-37(27-29-42)35-14-5-2-6-15-35)47-20-11-19-44-43-18-9-10-21-49(43)54-51(44)47/h1-33H. The smallest absolute Gasteiger partial charge is 0.159 e. The average Bonchev–Trinajstić information content (AvgIpc) is 3.82. The Hall–Kier alpha value is -7.36. The number of para-hydroxylation sites is 2. The summed E-state index contributed by atoms with van der Waals surface area (Å²) in [5.74, 6) is 0. The summed E-state index contributed by atoms with van der Waals surface area (Å²) in [6, 6.07) is 70.9. The van der Waals surface area contributed by atoms with Gasteiger partial charge >= 0.3 is 0 Å². The summed E-state index contributed by atoms with van der Waals surface area (Å²) in [5.41, 5.74) is 13.1. The summed E-state index contributed by atoms with van der Waals surface area (Å²) in [5, 5.41) is 6.62. The molecule has 0 saturated heterocycles. The molecule has 0 aliphatic heterocycles. The molecular weight excluding hydrogens is 671 g/mol. The van der Waals surface area contributed by atoms with Crippen molar-refractivity contribution >= 4 is 71.7 Å². The van der Waals surface area contributed by atoms with Crippen molar-refractivity contribution in [2.45, 2.75) is 0 Å². The molecule has 2 heterocycles. The highest BCUT2D eigenvalue weighted by molar-refractivity contribution is 6.17. The third-order valence-electron chi connectivity index (χ3n) is 10.8. The molecule has 0 aliphatic rings. The minimum Gasteiger partial charge on any atom is -0.454 e. The Morgan fingerprint density at radius 3 is 1.53 bits per heavy atom. The van der Waals surface area contributed by atoms with Gasteiger partial charge in [-0.1, -0.05) is 152 Å². The van der Waals surface area contributed by atoms with Gasteiger partial charge in [-0.3, -0.25) is 0 Å². The number of furan rings is 2. The van der Waals surface area contributed by atoms with Crippen LogP contribution in [0.25, 0.3) is 88.0 Å². The van der Waals surface area contributed by atoms with Gasteiger partial charge in [-0.15, -0.1) is 0 Å². The Morgan fingerprint density at radius 2 is 0.818 bits per heavy atom. The molecule has 0 aliphatic carbocycles. The first-order valence-corrected chi connectivity index (χ1v) is 18.7. The van der Waals surface area contributed by atoms with Crippen LogP contribution in [0, 0.1) is 0 Å². The zero-order chi connectivity index (χ0) is 36.3. The quantitative estimate of drug-likeness (QED) is 0.173. The van der Waals surface area contributed by atoms with Crippen LogP contribution in [0.1, 0.15) is 0 Å². The highest BCUT2D eigenvalue weighted by Gasteiger charge is 2.25. The van der Waals surface area contributed by atoms with Gasteiger partial charge in [0.05, 0.1) is 11.4 Å². The number of nitrogens with zero attached hydrogens (tertiary/aromatic N) is 1. The molecule has 9 aromatic carbocycles. The lowest BCUT2D eigenvalue weighted by Gasteiger charge is -2.26. The van der Waals surface area contributed by atoms with Gasteiger partial charge in [0, 0.05) is 27.2 Å². The van der Waals surface area contributed by atoms with Gasteiger partial charge in [0.25, 0.3) is 0 Å². The Kier molecular flexibility index (Phi) is 7.17. The maximum Gasteiger partial charge on any atom is 0.159 e. The van der Waals surface area contributed by atoms with Crippen molar-refractivity contribution in [3.8, 4) is 33.4 Å². The van der Waals surface area contributed by atoms with E-state index in [9.17, 15) is 0 Å². The van der Waals surface area contributed by atoms with E-state index in [1.165, 1.54) is 22.1 Å². The summed E-state index contributed by atoms with van der Waals surface area (Å²) in [7, 11) is 0. The van der Waals surface area contributed by atoms with Gasteiger partial charge in [-0.2, -0.15) is 0 Å². The Bertz CT molecular complexity index is 3180. The summed E-state index contributed by atoms with van der Waals surface area (Å²) >= 11 is 0.